The van der Waals surface area contributed by atoms with Crippen molar-refractivity contribution in [2.45, 2.75) is 0 Å². The summed E-state index contributed by atoms with van der Waals surface area (Å²) < 4.78 is 0. The van der Waals surface area contributed by atoms with Crippen molar-refractivity contribution in [1.82, 2.24) is 9.88 Å². The summed E-state index contributed by atoms with van der Waals surface area (Å²) in [5.41, 5.74) is 1.29. The number of rotatable bonds is 3. The summed E-state index contributed by atoms with van der Waals surface area (Å²) in [6, 6.07) is 9.06. The van der Waals surface area contributed by atoms with Gasteiger partial charge in [0.1, 0.15) is 5.15 Å². The number of para-hydroxylation sites is 1. The molecule has 0 bridgehead atoms. The van der Waals surface area contributed by atoms with Crippen LogP contribution in [0.2, 0.25) is 5.15 Å². The smallest absolute Gasteiger partial charge is 0.254 e. The third-order valence-electron chi connectivity index (χ3n) is 2.66. The van der Waals surface area contributed by atoms with Crippen LogP contribution in [0.4, 0.5) is 0 Å². The van der Waals surface area contributed by atoms with E-state index in [4.69, 9.17) is 11.6 Å². The minimum atomic E-state index is -0.0876. The van der Waals surface area contributed by atoms with E-state index in [1.807, 2.05) is 24.3 Å². The summed E-state index contributed by atoms with van der Waals surface area (Å²) in [6.07, 6.45) is 1.68. The molecule has 0 N–H and O–H groups in total. The maximum atomic E-state index is 12.3. The van der Waals surface area contributed by atoms with Crippen LogP contribution < -0.4 is 0 Å². The quantitative estimate of drug-likeness (QED) is 0.627. The van der Waals surface area contributed by atoms with E-state index >= 15 is 0 Å². The Kier molecular flexibility index (Phi) is 3.63. The molecular formula is C14H13ClN2O. The fourth-order valence-electron chi connectivity index (χ4n) is 1.80. The fourth-order valence-corrected chi connectivity index (χ4v) is 2.00. The average Bonchev–Trinajstić information content (AvgIpc) is 2.37. The SMILES string of the molecule is C=CCN(C)C(=O)c1cc(Cl)nc2ccccc12. The largest absolute Gasteiger partial charge is 0.338 e. The molecule has 0 aliphatic rings. The van der Waals surface area contributed by atoms with Crippen LogP contribution in [0.1, 0.15) is 10.4 Å². The standard InChI is InChI=1S/C14H13ClN2O/c1-3-8-17(2)14(18)11-9-13(15)16-12-7-5-4-6-10(11)12/h3-7,9H,1,8H2,2H3. The predicted octanol–water partition coefficient (Wildman–Crippen LogP) is 3.15. The second-order valence-corrected chi connectivity index (χ2v) is 4.37. The van der Waals surface area contributed by atoms with Gasteiger partial charge in [-0.2, -0.15) is 0 Å². The Bertz CT molecular complexity index is 610. The van der Waals surface area contributed by atoms with E-state index < -0.39 is 0 Å². The van der Waals surface area contributed by atoms with E-state index in [1.54, 1.807) is 24.1 Å². The Morgan fingerprint density at radius 3 is 2.94 bits per heavy atom. The van der Waals surface area contributed by atoms with Crippen LogP contribution >= 0.6 is 11.6 Å². The minimum Gasteiger partial charge on any atom is -0.338 e. The summed E-state index contributed by atoms with van der Waals surface area (Å²) in [5.74, 6) is -0.0876. The molecule has 2 aromatic rings. The molecule has 1 aromatic heterocycles. The Labute approximate surface area is 111 Å². The zero-order chi connectivity index (χ0) is 13.1. The maximum Gasteiger partial charge on any atom is 0.254 e. The first-order chi connectivity index (χ1) is 8.63. The van der Waals surface area contributed by atoms with Crippen LogP contribution in [0, 0.1) is 0 Å². The fraction of sp³-hybridized carbons (Fsp3) is 0.143. The molecule has 1 amide bonds. The van der Waals surface area contributed by atoms with Gasteiger partial charge in [0, 0.05) is 19.0 Å². The van der Waals surface area contributed by atoms with Gasteiger partial charge in [-0.25, -0.2) is 4.98 Å². The second kappa shape index (κ2) is 5.19. The first-order valence-electron chi connectivity index (χ1n) is 5.55. The van der Waals surface area contributed by atoms with Gasteiger partial charge in [-0.3, -0.25) is 4.79 Å². The topological polar surface area (TPSA) is 33.2 Å². The molecule has 92 valence electrons. The molecule has 1 aromatic carbocycles. The molecule has 18 heavy (non-hydrogen) atoms. The predicted molar refractivity (Wildman–Crippen MR) is 73.9 cm³/mol. The van der Waals surface area contributed by atoms with E-state index in [-0.39, 0.29) is 5.91 Å². The molecule has 2 rings (SSSR count). The number of likely N-dealkylation sites (N-methyl/N-ethyl adjacent to an activating group) is 1. The van der Waals surface area contributed by atoms with Gasteiger partial charge in [0.25, 0.3) is 5.91 Å². The molecule has 0 saturated carbocycles. The lowest BCUT2D eigenvalue weighted by Crippen LogP contribution is -2.26. The molecule has 0 fully saturated rings. The summed E-state index contributed by atoms with van der Waals surface area (Å²) in [7, 11) is 1.73. The Balaban J connectivity index is 2.56. The summed E-state index contributed by atoms with van der Waals surface area (Å²) in [4.78, 5) is 18.1. The highest BCUT2D eigenvalue weighted by Crippen LogP contribution is 2.21. The minimum absolute atomic E-state index is 0.0876. The number of benzene rings is 1. The van der Waals surface area contributed by atoms with Gasteiger partial charge in [-0.1, -0.05) is 35.9 Å². The number of halogens is 1. The van der Waals surface area contributed by atoms with Crippen molar-refractivity contribution < 1.29 is 4.79 Å². The molecule has 1 heterocycles. The van der Waals surface area contributed by atoms with Gasteiger partial charge >= 0.3 is 0 Å². The van der Waals surface area contributed by atoms with Gasteiger partial charge in [-0.15, -0.1) is 6.58 Å². The molecular weight excluding hydrogens is 248 g/mol. The van der Waals surface area contributed by atoms with Crippen LogP contribution in [-0.2, 0) is 0 Å². The highest BCUT2D eigenvalue weighted by Gasteiger charge is 2.15. The van der Waals surface area contributed by atoms with Gasteiger partial charge in [0.2, 0.25) is 0 Å². The number of pyridine rings is 1. The van der Waals surface area contributed by atoms with E-state index in [0.717, 1.165) is 10.9 Å². The number of aromatic nitrogens is 1. The molecule has 0 aliphatic carbocycles. The molecule has 0 saturated heterocycles. The van der Waals surface area contributed by atoms with Crippen molar-refractivity contribution in [2.75, 3.05) is 13.6 Å². The lowest BCUT2D eigenvalue weighted by molar-refractivity contribution is 0.0812. The lowest BCUT2D eigenvalue weighted by atomic mass is 10.1. The van der Waals surface area contributed by atoms with Crippen LogP contribution in [0.15, 0.2) is 43.0 Å². The van der Waals surface area contributed by atoms with Crippen molar-refractivity contribution in [3.8, 4) is 0 Å². The highest BCUT2D eigenvalue weighted by molar-refractivity contribution is 6.30. The van der Waals surface area contributed by atoms with Gasteiger partial charge in [0.15, 0.2) is 0 Å². The van der Waals surface area contributed by atoms with Crippen LogP contribution in [0.5, 0.6) is 0 Å². The molecule has 0 unspecified atom stereocenters. The zero-order valence-corrected chi connectivity index (χ0v) is 10.8. The number of hydrogen-bond acceptors (Lipinski definition) is 2. The molecule has 0 atom stereocenters. The Morgan fingerprint density at radius 1 is 1.50 bits per heavy atom. The zero-order valence-electron chi connectivity index (χ0n) is 10.1. The molecule has 0 aliphatic heterocycles. The van der Waals surface area contributed by atoms with Crippen molar-refractivity contribution in [1.29, 1.82) is 0 Å². The van der Waals surface area contributed by atoms with Crippen molar-refractivity contribution in [2.24, 2.45) is 0 Å². The van der Waals surface area contributed by atoms with Crippen molar-refractivity contribution in [3.63, 3.8) is 0 Å². The Morgan fingerprint density at radius 2 is 2.22 bits per heavy atom. The van der Waals surface area contributed by atoms with Crippen LogP contribution in [0.25, 0.3) is 10.9 Å². The number of fused-ring (bicyclic) bond motifs is 1. The summed E-state index contributed by atoms with van der Waals surface area (Å²) in [5, 5.41) is 1.13. The van der Waals surface area contributed by atoms with Gasteiger partial charge in [0.05, 0.1) is 11.1 Å². The summed E-state index contributed by atoms with van der Waals surface area (Å²) >= 11 is 5.95. The number of carbonyl (C=O) groups is 1. The third kappa shape index (κ3) is 2.36. The highest BCUT2D eigenvalue weighted by atomic mass is 35.5. The van der Waals surface area contributed by atoms with E-state index in [1.165, 1.54) is 0 Å². The first kappa shape index (κ1) is 12.6. The number of nitrogens with zero attached hydrogens (tertiary/aromatic N) is 2. The van der Waals surface area contributed by atoms with E-state index in [0.29, 0.717) is 17.3 Å². The number of amides is 1. The molecule has 0 spiro atoms. The third-order valence-corrected chi connectivity index (χ3v) is 2.86. The van der Waals surface area contributed by atoms with Crippen LogP contribution in [-0.4, -0.2) is 29.4 Å². The summed E-state index contributed by atoms with van der Waals surface area (Å²) in [6.45, 7) is 4.12. The lowest BCUT2D eigenvalue weighted by Gasteiger charge is -2.16. The van der Waals surface area contributed by atoms with Crippen molar-refractivity contribution in [3.05, 3.63) is 53.7 Å². The second-order valence-electron chi connectivity index (χ2n) is 3.98. The van der Waals surface area contributed by atoms with Gasteiger partial charge < -0.3 is 4.90 Å². The molecule has 0 radical (unpaired) electrons. The van der Waals surface area contributed by atoms with Gasteiger partial charge in [-0.05, 0) is 12.1 Å². The number of carbonyl (C=O) groups excluding carboxylic acids is 1. The Hall–Kier alpha value is -1.87. The first-order valence-corrected chi connectivity index (χ1v) is 5.93. The normalized spacial score (nSPS) is 10.3. The van der Waals surface area contributed by atoms with E-state index in [2.05, 4.69) is 11.6 Å². The molecule has 3 nitrogen and oxygen atoms in total. The average molecular weight is 261 g/mol. The van der Waals surface area contributed by atoms with Crippen LogP contribution in [0.3, 0.4) is 0 Å². The van der Waals surface area contributed by atoms with Crippen molar-refractivity contribution >= 4 is 28.4 Å². The van der Waals surface area contributed by atoms with E-state index in [9.17, 15) is 4.79 Å². The number of hydrogen-bond donors (Lipinski definition) is 0. The molecule has 4 heteroatoms. The monoisotopic (exact) mass is 260 g/mol. The maximum absolute atomic E-state index is 12.3.